The predicted octanol–water partition coefficient (Wildman–Crippen LogP) is 10.3. The topological polar surface area (TPSA) is 94.5 Å². The number of benzene rings is 6. The fourth-order valence-electron chi connectivity index (χ4n) is 4.57. The van der Waals surface area contributed by atoms with Gasteiger partial charge < -0.3 is 33.0 Å². The van der Waals surface area contributed by atoms with Gasteiger partial charge in [-0.25, -0.2) is 0 Å². The quantitative estimate of drug-likeness (QED) is 0.0923. The molecule has 3 atom stereocenters. The smallest absolute Gasteiger partial charge is 0.448 e. The van der Waals surface area contributed by atoms with E-state index in [2.05, 4.69) is 0 Å². The van der Waals surface area contributed by atoms with E-state index < -0.39 is 31.1 Å². The highest BCUT2D eigenvalue weighted by Crippen LogP contribution is 2.72. The van der Waals surface area contributed by atoms with Gasteiger partial charge in [0.1, 0.15) is 34.5 Å². The molecule has 1 aliphatic rings. The molecule has 13 heteroatoms. The molecular formula is C37H32N3O7P3. The number of rotatable bonds is 13. The summed E-state index contributed by atoms with van der Waals surface area (Å²) in [4.78, 5) is 6.59. The van der Waals surface area contributed by atoms with Crippen molar-refractivity contribution in [2.45, 2.75) is 6.10 Å². The molecule has 0 radical (unpaired) electrons. The molecule has 0 aromatic heterocycles. The Bertz CT molecular complexity index is 1910. The van der Waals surface area contributed by atoms with Crippen LogP contribution >= 0.6 is 25.0 Å². The monoisotopic (exact) mass is 723 g/mol. The molecule has 0 fully saturated rings. The normalized spacial score (nSPS) is 17.9. The lowest BCUT2D eigenvalue weighted by atomic mass is 10.3. The Morgan fingerprint density at radius 1 is 0.480 bits per heavy atom. The van der Waals surface area contributed by atoms with Gasteiger partial charge in [-0.3, -0.25) is 0 Å². The summed E-state index contributed by atoms with van der Waals surface area (Å²) in [5, 5.41) is 12.9. The third-order valence-corrected chi connectivity index (χ3v) is 13.3. The van der Waals surface area contributed by atoms with E-state index in [-0.39, 0.29) is 0 Å². The first-order chi connectivity index (χ1) is 24.6. The lowest BCUT2D eigenvalue weighted by Gasteiger charge is -2.45. The highest BCUT2D eigenvalue weighted by Gasteiger charge is 2.58. The van der Waals surface area contributed by atoms with Crippen LogP contribution in [0.4, 0.5) is 0 Å². The SMILES string of the molecule is OC(Oc1ccccc1)(Oc1ccccc1)N1P(Oc2ccccc2)N(Oc2ccccc2)P(Oc2ccccc2)N=[PH]1Oc1ccccc1. The molecule has 0 aliphatic carbocycles. The van der Waals surface area contributed by atoms with Gasteiger partial charge >= 0.3 is 23.0 Å². The molecule has 1 N–H and O–H groups in total. The summed E-state index contributed by atoms with van der Waals surface area (Å²) in [6.45, 7) is 0. The molecule has 6 aromatic rings. The highest BCUT2D eigenvalue weighted by molar-refractivity contribution is 7.74. The van der Waals surface area contributed by atoms with Crippen LogP contribution in [-0.2, 0) is 0 Å². The van der Waals surface area contributed by atoms with Gasteiger partial charge in [-0.1, -0.05) is 114 Å². The number of ether oxygens (including phenoxy) is 2. The van der Waals surface area contributed by atoms with Gasteiger partial charge in [0.05, 0.1) is 0 Å². The van der Waals surface area contributed by atoms with Crippen LogP contribution in [0.25, 0.3) is 0 Å². The first-order valence-corrected chi connectivity index (χ1v) is 19.2. The molecule has 7 rings (SSSR count). The average molecular weight is 724 g/mol. The second-order valence-corrected chi connectivity index (χ2v) is 15.7. The molecule has 3 unspecified atom stereocenters. The maximum atomic E-state index is 12.9. The average Bonchev–Trinajstić information content (AvgIpc) is 3.15. The Morgan fingerprint density at radius 3 is 1.32 bits per heavy atom. The first kappa shape index (κ1) is 33.6. The van der Waals surface area contributed by atoms with E-state index >= 15 is 0 Å². The molecule has 6 aromatic carbocycles. The van der Waals surface area contributed by atoms with Crippen molar-refractivity contribution in [2.75, 3.05) is 0 Å². The molecular weight excluding hydrogens is 691 g/mol. The first-order valence-electron chi connectivity index (χ1n) is 15.5. The summed E-state index contributed by atoms with van der Waals surface area (Å²) in [6.07, 6.45) is -2.55. The van der Waals surface area contributed by atoms with Crippen LogP contribution in [0.5, 0.6) is 34.5 Å². The van der Waals surface area contributed by atoms with Crippen molar-refractivity contribution in [1.29, 1.82) is 0 Å². The Morgan fingerprint density at radius 2 is 0.860 bits per heavy atom. The number of aliphatic hydroxyl groups is 1. The second kappa shape index (κ2) is 16.2. The van der Waals surface area contributed by atoms with Gasteiger partial charge in [-0.2, -0.15) is 4.52 Å². The summed E-state index contributed by atoms with van der Waals surface area (Å²) >= 11 is 0. The number of hydrogen-bond acceptors (Lipinski definition) is 10. The van der Waals surface area contributed by atoms with Gasteiger partial charge in [-0.15, -0.1) is 0 Å². The van der Waals surface area contributed by atoms with E-state index in [1.807, 2.05) is 133 Å². The lowest BCUT2D eigenvalue weighted by Crippen LogP contribution is -2.55. The lowest BCUT2D eigenvalue weighted by molar-refractivity contribution is -0.315. The summed E-state index contributed by atoms with van der Waals surface area (Å²) in [7, 11) is -7.02. The van der Waals surface area contributed by atoms with Gasteiger partial charge in [0.25, 0.3) is 0 Å². The van der Waals surface area contributed by atoms with Crippen LogP contribution in [0, 0.1) is 0 Å². The van der Waals surface area contributed by atoms with E-state index in [4.69, 9.17) is 32.4 Å². The molecule has 0 saturated carbocycles. The molecule has 252 valence electrons. The van der Waals surface area contributed by atoms with Crippen LogP contribution in [0.3, 0.4) is 0 Å². The number of nitrogens with zero attached hydrogens (tertiary/aromatic N) is 3. The van der Waals surface area contributed by atoms with Crippen molar-refractivity contribution in [2.24, 2.45) is 4.52 Å². The Labute approximate surface area is 293 Å². The van der Waals surface area contributed by atoms with Crippen LogP contribution in [0.2, 0.25) is 0 Å². The molecule has 0 amide bonds. The minimum Gasteiger partial charge on any atom is -0.448 e. The van der Waals surface area contributed by atoms with Crippen LogP contribution in [0.1, 0.15) is 0 Å². The second-order valence-electron chi connectivity index (χ2n) is 10.5. The van der Waals surface area contributed by atoms with Crippen molar-refractivity contribution in [3.63, 3.8) is 0 Å². The molecule has 50 heavy (non-hydrogen) atoms. The fourth-order valence-corrected chi connectivity index (χ4v) is 11.5. The van der Waals surface area contributed by atoms with Crippen LogP contribution < -0.4 is 27.9 Å². The van der Waals surface area contributed by atoms with Crippen LogP contribution in [0.15, 0.2) is 187 Å². The fraction of sp³-hybridized carbons (Fsp3) is 0.0270. The van der Waals surface area contributed by atoms with Gasteiger partial charge in [0, 0.05) is 4.60 Å². The molecule has 1 heterocycles. The zero-order valence-corrected chi connectivity index (χ0v) is 29.2. The maximum Gasteiger partial charge on any atom is 0.458 e. The van der Waals surface area contributed by atoms with Crippen molar-refractivity contribution in [3.8, 4) is 34.5 Å². The largest absolute Gasteiger partial charge is 0.458 e. The van der Waals surface area contributed by atoms with E-state index in [1.165, 1.54) is 9.05 Å². The van der Waals surface area contributed by atoms with E-state index in [1.54, 1.807) is 48.5 Å². The molecule has 0 bridgehead atoms. The predicted molar refractivity (Wildman–Crippen MR) is 196 cm³/mol. The Hall–Kier alpha value is -4.91. The molecule has 10 nitrogen and oxygen atoms in total. The maximum absolute atomic E-state index is 12.9. The molecule has 1 aliphatic heterocycles. The summed E-state index contributed by atoms with van der Waals surface area (Å²) in [5.41, 5.74) is 0. The van der Waals surface area contributed by atoms with Gasteiger partial charge in [0.15, 0.2) is 0 Å². The summed E-state index contributed by atoms with van der Waals surface area (Å²) < 4.78 is 41.0. The van der Waals surface area contributed by atoms with Gasteiger partial charge in [0.2, 0.25) is 8.09 Å². The molecule has 0 spiro atoms. The van der Waals surface area contributed by atoms with Crippen molar-refractivity contribution < 1.29 is 33.0 Å². The zero-order valence-electron chi connectivity index (χ0n) is 26.5. The van der Waals surface area contributed by atoms with Crippen LogP contribution in [-0.4, -0.2) is 20.2 Å². The van der Waals surface area contributed by atoms with E-state index in [9.17, 15) is 5.11 Å². The number of hydrogen-bond donors (Lipinski definition) is 1. The number of para-hydroxylation sites is 6. The Kier molecular flexibility index (Phi) is 10.9. The minimum absolute atomic E-state index is 0.325. The standard InChI is InChI=1S/C37H32N3O7P3/c41-37(42-31-19-7-1-8-20-31,43-32-21-9-2-10-22-32)39-48(45-34-25-13-4-14-26-34)38-49(46-35-27-15-5-16-28-35)40(44-33-23-11-3-12-24-33)50(39)47-36-29-17-6-18-30-36/h1-30,41,48H. The summed E-state index contributed by atoms with van der Waals surface area (Å²) in [5.74, 6) is 2.70. The minimum atomic E-state index is -2.75. The van der Waals surface area contributed by atoms with E-state index in [0.29, 0.717) is 34.5 Å². The van der Waals surface area contributed by atoms with Gasteiger partial charge in [-0.05, 0) is 72.8 Å². The summed E-state index contributed by atoms with van der Waals surface area (Å²) in [6, 6.07) is 54.8. The van der Waals surface area contributed by atoms with E-state index in [0.717, 1.165) is 0 Å². The zero-order chi connectivity index (χ0) is 34.0. The van der Waals surface area contributed by atoms with Crippen molar-refractivity contribution >= 4 is 25.0 Å². The van der Waals surface area contributed by atoms with Crippen molar-refractivity contribution in [1.82, 2.24) is 9.05 Å². The highest BCUT2D eigenvalue weighted by atomic mass is 31.3. The third-order valence-electron chi connectivity index (χ3n) is 6.81. The Balaban J connectivity index is 1.43. The van der Waals surface area contributed by atoms with Crippen molar-refractivity contribution in [3.05, 3.63) is 182 Å². The molecule has 0 saturated heterocycles. The third kappa shape index (κ3) is 8.44.